The minimum Gasteiger partial charge on any atom is -0.454 e. The third-order valence-corrected chi connectivity index (χ3v) is 3.20. The minimum atomic E-state index is -4.76. The Morgan fingerprint density at radius 3 is 2.41 bits per heavy atom. The lowest BCUT2D eigenvalue weighted by molar-refractivity contribution is -0.274. The first-order valence-corrected chi connectivity index (χ1v) is 8.00. The van der Waals surface area contributed by atoms with Gasteiger partial charge in [0.25, 0.3) is 0 Å². The molecule has 0 aliphatic heterocycles. The summed E-state index contributed by atoms with van der Waals surface area (Å²) >= 11 is 5.00. The molecule has 0 aliphatic rings. The number of carbonyl (C=O) groups excluding carboxylic acids is 1. The van der Waals surface area contributed by atoms with E-state index in [0.29, 0.717) is 18.0 Å². The summed E-state index contributed by atoms with van der Waals surface area (Å²) in [6.07, 6.45) is -4.76. The van der Waals surface area contributed by atoms with Crippen LogP contribution in [0.15, 0.2) is 40.8 Å². The molecule has 0 bridgehead atoms. The zero-order valence-corrected chi connectivity index (χ0v) is 15.2. The van der Waals surface area contributed by atoms with E-state index in [0.717, 1.165) is 12.1 Å². The van der Waals surface area contributed by atoms with Crippen LogP contribution in [0.5, 0.6) is 5.75 Å². The van der Waals surface area contributed by atoms with Gasteiger partial charge in [-0.2, -0.15) is 0 Å². The Kier molecular flexibility index (Phi) is 6.64. The van der Waals surface area contributed by atoms with E-state index in [4.69, 9.17) is 16.6 Å². The Morgan fingerprint density at radius 1 is 1.15 bits per heavy atom. The molecule has 0 spiro atoms. The number of carbonyl (C=O) groups is 1. The van der Waals surface area contributed by atoms with E-state index in [2.05, 4.69) is 20.9 Å². The van der Waals surface area contributed by atoms with Crippen LogP contribution < -0.4 is 20.9 Å². The number of amides is 1. The Labute approximate surface area is 158 Å². The fraction of sp³-hybridized carbons (Fsp3) is 0.250. The van der Waals surface area contributed by atoms with E-state index in [1.807, 2.05) is 19.0 Å². The first-order valence-electron chi connectivity index (χ1n) is 7.59. The van der Waals surface area contributed by atoms with Crippen molar-refractivity contribution in [1.82, 2.24) is 15.8 Å². The van der Waals surface area contributed by atoms with Gasteiger partial charge in [0, 0.05) is 5.69 Å². The molecular formula is C16H17F3N4O3S. The van der Waals surface area contributed by atoms with Crippen molar-refractivity contribution in [3.05, 3.63) is 47.9 Å². The van der Waals surface area contributed by atoms with Crippen molar-refractivity contribution in [3.63, 3.8) is 0 Å². The molecule has 146 valence electrons. The number of nitrogens with one attached hydrogen (secondary N) is 3. The number of ether oxygens (including phenoxy) is 1. The maximum absolute atomic E-state index is 12.1. The van der Waals surface area contributed by atoms with Crippen LogP contribution in [0.3, 0.4) is 0 Å². The van der Waals surface area contributed by atoms with Crippen LogP contribution in [0.4, 0.5) is 18.9 Å². The van der Waals surface area contributed by atoms with Crippen molar-refractivity contribution < 1.29 is 27.1 Å². The second-order valence-corrected chi connectivity index (χ2v) is 6.02. The fourth-order valence-corrected chi connectivity index (χ4v) is 2.14. The predicted octanol–water partition coefficient (Wildman–Crippen LogP) is 2.87. The second kappa shape index (κ2) is 8.73. The van der Waals surface area contributed by atoms with E-state index < -0.39 is 12.3 Å². The lowest BCUT2D eigenvalue weighted by Gasteiger charge is -2.12. The second-order valence-electron chi connectivity index (χ2n) is 5.61. The number of thiocarbonyl (C=S) groups is 1. The standard InChI is InChI=1S/C16H17F3N4O3S/c1-23(2)9-12-7-8-13(25-12)14(24)21-22-15(27)20-10-3-5-11(6-4-10)26-16(17,18)19/h3-8H,9H2,1-2H3,(H,21,24)(H2,20,22,27). The molecule has 0 saturated heterocycles. The molecule has 1 aromatic carbocycles. The highest BCUT2D eigenvalue weighted by atomic mass is 32.1. The SMILES string of the molecule is CN(C)Cc1ccc(C(=O)NNC(=S)Nc2ccc(OC(F)(F)F)cc2)o1. The molecule has 3 N–H and O–H groups in total. The molecule has 0 fully saturated rings. The third-order valence-electron chi connectivity index (χ3n) is 2.99. The number of alkyl halides is 3. The van der Waals surface area contributed by atoms with Crippen LogP contribution >= 0.6 is 12.2 Å². The van der Waals surface area contributed by atoms with Crippen LogP contribution in [0, 0.1) is 0 Å². The normalized spacial score (nSPS) is 11.2. The van der Waals surface area contributed by atoms with Crippen molar-refractivity contribution in [2.24, 2.45) is 0 Å². The summed E-state index contributed by atoms with van der Waals surface area (Å²) in [6, 6.07) is 8.17. The average molecular weight is 402 g/mol. The molecular weight excluding hydrogens is 385 g/mol. The predicted molar refractivity (Wildman–Crippen MR) is 96.0 cm³/mol. The monoisotopic (exact) mass is 402 g/mol. The number of rotatable bonds is 5. The molecule has 0 unspecified atom stereocenters. The molecule has 1 heterocycles. The first-order chi connectivity index (χ1) is 12.6. The van der Waals surface area contributed by atoms with E-state index in [1.54, 1.807) is 6.07 Å². The van der Waals surface area contributed by atoms with Gasteiger partial charge in [-0.05, 0) is 62.7 Å². The molecule has 0 aliphatic carbocycles. The summed E-state index contributed by atoms with van der Waals surface area (Å²) < 4.78 is 45.5. The van der Waals surface area contributed by atoms with E-state index in [9.17, 15) is 18.0 Å². The van der Waals surface area contributed by atoms with Gasteiger partial charge >= 0.3 is 12.3 Å². The number of hydrogen-bond acceptors (Lipinski definition) is 5. The largest absolute Gasteiger partial charge is 0.573 e. The third kappa shape index (κ3) is 7.15. The van der Waals surface area contributed by atoms with E-state index >= 15 is 0 Å². The smallest absolute Gasteiger partial charge is 0.454 e. The maximum Gasteiger partial charge on any atom is 0.573 e. The molecule has 7 nitrogen and oxygen atoms in total. The summed E-state index contributed by atoms with van der Waals surface area (Å²) in [5.74, 6) is -0.146. The summed E-state index contributed by atoms with van der Waals surface area (Å²) in [6.45, 7) is 0.550. The van der Waals surface area contributed by atoms with Crippen LogP contribution in [-0.4, -0.2) is 36.4 Å². The molecule has 0 saturated carbocycles. The number of furan rings is 1. The maximum atomic E-state index is 12.1. The van der Waals surface area contributed by atoms with Crippen LogP contribution in [0.2, 0.25) is 0 Å². The molecule has 27 heavy (non-hydrogen) atoms. The van der Waals surface area contributed by atoms with Crippen molar-refractivity contribution in [2.45, 2.75) is 12.9 Å². The van der Waals surface area contributed by atoms with Gasteiger partial charge in [-0.25, -0.2) is 0 Å². The molecule has 0 radical (unpaired) electrons. The van der Waals surface area contributed by atoms with Gasteiger partial charge in [0.05, 0.1) is 6.54 Å². The van der Waals surface area contributed by atoms with E-state index in [1.165, 1.54) is 18.2 Å². The van der Waals surface area contributed by atoms with Crippen LogP contribution in [0.25, 0.3) is 0 Å². The van der Waals surface area contributed by atoms with Crippen LogP contribution in [-0.2, 0) is 6.54 Å². The van der Waals surface area contributed by atoms with Gasteiger partial charge in [-0.15, -0.1) is 13.2 Å². The molecule has 2 rings (SSSR count). The topological polar surface area (TPSA) is 78.8 Å². The summed E-state index contributed by atoms with van der Waals surface area (Å²) in [5.41, 5.74) is 5.23. The van der Waals surface area contributed by atoms with Crippen molar-refractivity contribution >= 4 is 28.9 Å². The molecule has 11 heteroatoms. The quantitative estimate of drug-likeness (QED) is 0.524. The van der Waals surface area contributed by atoms with Gasteiger partial charge in [-0.3, -0.25) is 15.6 Å². The molecule has 1 aromatic heterocycles. The van der Waals surface area contributed by atoms with Crippen LogP contribution in [0.1, 0.15) is 16.3 Å². The Hall–Kier alpha value is -2.79. The summed E-state index contributed by atoms with van der Waals surface area (Å²) in [7, 11) is 3.74. The summed E-state index contributed by atoms with van der Waals surface area (Å²) in [5, 5.41) is 2.74. The number of anilines is 1. The highest BCUT2D eigenvalue weighted by molar-refractivity contribution is 7.80. The van der Waals surface area contributed by atoms with Crippen molar-refractivity contribution in [1.29, 1.82) is 0 Å². The average Bonchev–Trinajstić information content (AvgIpc) is 3.01. The zero-order chi connectivity index (χ0) is 20.0. The van der Waals surface area contributed by atoms with Crippen molar-refractivity contribution in [2.75, 3.05) is 19.4 Å². The Balaban J connectivity index is 1.81. The van der Waals surface area contributed by atoms with Gasteiger partial charge in [0.2, 0.25) is 0 Å². The lowest BCUT2D eigenvalue weighted by atomic mass is 10.3. The first kappa shape index (κ1) is 20.5. The zero-order valence-electron chi connectivity index (χ0n) is 14.4. The lowest BCUT2D eigenvalue weighted by Crippen LogP contribution is -2.43. The number of nitrogens with zero attached hydrogens (tertiary/aromatic N) is 1. The van der Waals surface area contributed by atoms with Gasteiger partial charge in [0.1, 0.15) is 11.5 Å². The number of benzene rings is 1. The number of hydrazine groups is 1. The fourth-order valence-electron chi connectivity index (χ4n) is 1.97. The summed E-state index contributed by atoms with van der Waals surface area (Å²) in [4.78, 5) is 13.9. The number of halogens is 3. The Morgan fingerprint density at radius 2 is 1.81 bits per heavy atom. The highest BCUT2D eigenvalue weighted by Gasteiger charge is 2.30. The molecule has 2 aromatic rings. The highest BCUT2D eigenvalue weighted by Crippen LogP contribution is 2.23. The van der Waals surface area contributed by atoms with E-state index in [-0.39, 0.29) is 16.6 Å². The number of hydrogen-bond donors (Lipinski definition) is 3. The minimum absolute atomic E-state index is 0.0351. The van der Waals surface area contributed by atoms with Gasteiger partial charge in [0.15, 0.2) is 10.9 Å². The molecule has 1 amide bonds. The molecule has 0 atom stereocenters. The van der Waals surface area contributed by atoms with Gasteiger partial charge in [-0.1, -0.05) is 0 Å². The van der Waals surface area contributed by atoms with Crippen molar-refractivity contribution in [3.8, 4) is 5.75 Å². The Bertz CT molecular complexity index is 791. The van der Waals surface area contributed by atoms with Gasteiger partial charge < -0.3 is 19.4 Å².